The van der Waals surface area contributed by atoms with Crippen molar-refractivity contribution in [2.45, 2.75) is 19.4 Å². The minimum absolute atomic E-state index is 0. The Morgan fingerprint density at radius 2 is 2.11 bits per heavy atom. The number of H-pyrrole nitrogens is 1. The number of guanidine groups is 1. The van der Waals surface area contributed by atoms with Gasteiger partial charge in [-0.2, -0.15) is 5.10 Å². The Bertz CT molecular complexity index is 913. The highest BCUT2D eigenvalue weighted by Crippen LogP contribution is 2.16. The Kier molecular flexibility index (Phi) is 7.91. The lowest BCUT2D eigenvalue weighted by Gasteiger charge is -2.18. The van der Waals surface area contributed by atoms with E-state index in [1.165, 1.54) is 12.1 Å². The number of hydrogen-bond donors (Lipinski definition) is 3. The SMILES string of the molecule is CN=C(NCCc1nc(-c2ccco2)n[nH]1)NC(C)c1ccc(F)c(F)c1.I. The van der Waals surface area contributed by atoms with Crippen LogP contribution in [0.1, 0.15) is 24.4 Å². The van der Waals surface area contributed by atoms with E-state index in [1.807, 2.05) is 6.92 Å². The molecule has 0 aliphatic carbocycles. The number of hydrogen-bond acceptors (Lipinski definition) is 4. The summed E-state index contributed by atoms with van der Waals surface area (Å²) in [4.78, 5) is 8.50. The van der Waals surface area contributed by atoms with Crippen LogP contribution in [0.2, 0.25) is 0 Å². The molecule has 1 aromatic carbocycles. The summed E-state index contributed by atoms with van der Waals surface area (Å²) in [5.74, 6) is 0.611. The van der Waals surface area contributed by atoms with Gasteiger partial charge in [-0.05, 0) is 36.8 Å². The minimum atomic E-state index is -0.873. The zero-order valence-corrected chi connectivity index (χ0v) is 17.7. The van der Waals surface area contributed by atoms with Gasteiger partial charge in [-0.3, -0.25) is 10.1 Å². The third kappa shape index (κ3) is 5.50. The highest BCUT2D eigenvalue weighted by Gasteiger charge is 2.12. The zero-order chi connectivity index (χ0) is 19.2. The van der Waals surface area contributed by atoms with E-state index in [0.717, 1.165) is 6.07 Å². The third-order valence-corrected chi connectivity index (χ3v) is 3.95. The number of rotatable bonds is 6. The molecule has 3 aromatic rings. The summed E-state index contributed by atoms with van der Waals surface area (Å²) in [7, 11) is 1.64. The second-order valence-electron chi connectivity index (χ2n) is 5.87. The number of furan rings is 1. The van der Waals surface area contributed by atoms with Gasteiger partial charge in [0.2, 0.25) is 5.82 Å². The summed E-state index contributed by atoms with van der Waals surface area (Å²) in [5, 5.41) is 13.3. The predicted molar refractivity (Wildman–Crippen MR) is 112 cm³/mol. The monoisotopic (exact) mass is 502 g/mol. The van der Waals surface area contributed by atoms with Crippen LogP contribution in [0.15, 0.2) is 46.0 Å². The van der Waals surface area contributed by atoms with Crippen LogP contribution in [0, 0.1) is 11.6 Å². The van der Waals surface area contributed by atoms with Gasteiger partial charge in [0.15, 0.2) is 23.4 Å². The first-order valence-electron chi connectivity index (χ1n) is 8.44. The molecule has 2 heterocycles. The average molecular weight is 502 g/mol. The number of nitrogens with zero attached hydrogens (tertiary/aromatic N) is 3. The van der Waals surface area contributed by atoms with Gasteiger partial charge >= 0.3 is 0 Å². The fourth-order valence-electron chi connectivity index (χ4n) is 2.49. The second-order valence-corrected chi connectivity index (χ2v) is 5.87. The molecule has 3 rings (SSSR count). The summed E-state index contributed by atoms with van der Waals surface area (Å²) in [6.07, 6.45) is 2.16. The van der Waals surface area contributed by atoms with Crippen LogP contribution < -0.4 is 10.6 Å². The Hall–Kier alpha value is -2.50. The summed E-state index contributed by atoms with van der Waals surface area (Å²) >= 11 is 0. The van der Waals surface area contributed by atoms with Gasteiger partial charge in [0.05, 0.1) is 12.3 Å². The Balaban J connectivity index is 0.00000280. The summed E-state index contributed by atoms with van der Waals surface area (Å²) in [6.45, 7) is 2.39. The number of aliphatic imine (C=N–C) groups is 1. The van der Waals surface area contributed by atoms with Crippen LogP contribution in [0.5, 0.6) is 0 Å². The number of benzene rings is 1. The molecular weight excluding hydrogens is 481 g/mol. The van der Waals surface area contributed by atoms with Crippen molar-refractivity contribution in [3.63, 3.8) is 0 Å². The smallest absolute Gasteiger partial charge is 0.216 e. The average Bonchev–Trinajstić information content (AvgIpc) is 3.34. The van der Waals surface area contributed by atoms with Crippen molar-refractivity contribution >= 4 is 29.9 Å². The van der Waals surface area contributed by atoms with Gasteiger partial charge in [-0.1, -0.05) is 6.07 Å². The summed E-state index contributed by atoms with van der Waals surface area (Å²) in [5.41, 5.74) is 0.621. The van der Waals surface area contributed by atoms with Crippen LogP contribution in [0.3, 0.4) is 0 Å². The third-order valence-electron chi connectivity index (χ3n) is 3.95. The van der Waals surface area contributed by atoms with E-state index >= 15 is 0 Å². The molecule has 1 atom stereocenters. The van der Waals surface area contributed by atoms with E-state index in [1.54, 1.807) is 25.4 Å². The number of aromatic nitrogens is 3. The maximum Gasteiger partial charge on any atom is 0.216 e. The molecule has 0 bridgehead atoms. The predicted octanol–water partition coefficient (Wildman–Crippen LogP) is 3.43. The van der Waals surface area contributed by atoms with Crippen molar-refractivity contribution in [1.29, 1.82) is 0 Å². The molecule has 0 saturated carbocycles. The van der Waals surface area contributed by atoms with Crippen LogP contribution in [-0.2, 0) is 6.42 Å². The first-order chi connectivity index (χ1) is 13.1. The largest absolute Gasteiger partial charge is 0.461 e. The van der Waals surface area contributed by atoms with Gasteiger partial charge in [0.25, 0.3) is 0 Å². The van der Waals surface area contributed by atoms with Crippen molar-refractivity contribution < 1.29 is 13.2 Å². The molecule has 150 valence electrons. The first kappa shape index (κ1) is 21.8. The second kappa shape index (κ2) is 10.2. The first-order valence-corrected chi connectivity index (χ1v) is 8.44. The molecule has 2 aromatic heterocycles. The minimum Gasteiger partial charge on any atom is -0.461 e. The Morgan fingerprint density at radius 1 is 1.29 bits per heavy atom. The lowest BCUT2D eigenvalue weighted by atomic mass is 10.1. The molecule has 28 heavy (non-hydrogen) atoms. The summed E-state index contributed by atoms with van der Waals surface area (Å²) in [6, 6.07) is 7.13. The summed E-state index contributed by atoms with van der Waals surface area (Å²) < 4.78 is 31.7. The van der Waals surface area contributed by atoms with E-state index in [-0.39, 0.29) is 30.0 Å². The number of nitrogens with one attached hydrogen (secondary N) is 3. The molecule has 0 amide bonds. The highest BCUT2D eigenvalue weighted by molar-refractivity contribution is 14.0. The van der Waals surface area contributed by atoms with Gasteiger partial charge < -0.3 is 15.1 Å². The van der Waals surface area contributed by atoms with Gasteiger partial charge in [0.1, 0.15) is 5.82 Å². The van der Waals surface area contributed by atoms with Crippen molar-refractivity contribution in [3.8, 4) is 11.6 Å². The quantitative estimate of drug-likeness (QED) is 0.273. The van der Waals surface area contributed by atoms with E-state index < -0.39 is 11.6 Å². The fraction of sp³-hybridized carbons (Fsp3) is 0.278. The molecule has 0 aliphatic rings. The van der Waals surface area contributed by atoms with E-state index in [0.29, 0.717) is 41.9 Å². The molecule has 0 radical (unpaired) electrons. The normalized spacial score (nSPS) is 12.4. The maximum absolute atomic E-state index is 13.4. The molecular formula is C18H21F2IN6O. The van der Waals surface area contributed by atoms with Crippen molar-refractivity contribution in [2.75, 3.05) is 13.6 Å². The van der Waals surface area contributed by atoms with Gasteiger partial charge in [-0.25, -0.2) is 13.8 Å². The lowest BCUT2D eigenvalue weighted by Crippen LogP contribution is -2.39. The molecule has 0 spiro atoms. The van der Waals surface area contributed by atoms with E-state index in [9.17, 15) is 8.78 Å². The van der Waals surface area contributed by atoms with Crippen LogP contribution >= 0.6 is 24.0 Å². The molecule has 1 unspecified atom stereocenters. The van der Waals surface area contributed by atoms with Crippen molar-refractivity contribution in [1.82, 2.24) is 25.8 Å². The van der Waals surface area contributed by atoms with Crippen molar-refractivity contribution in [3.05, 3.63) is 59.6 Å². The maximum atomic E-state index is 13.4. The standard InChI is InChI=1S/C18H20F2N6O.HI/c1-11(12-5-6-13(19)14(20)10-12)23-18(21-2)22-8-7-16-24-17(26-25-16)15-4-3-9-27-15;/h3-6,9-11H,7-8H2,1-2H3,(H2,21,22,23)(H,24,25,26);1H. The Morgan fingerprint density at radius 3 is 2.79 bits per heavy atom. The topological polar surface area (TPSA) is 91.1 Å². The molecule has 10 heteroatoms. The molecule has 0 aliphatic heterocycles. The fourth-order valence-corrected chi connectivity index (χ4v) is 2.49. The molecule has 0 fully saturated rings. The molecule has 7 nitrogen and oxygen atoms in total. The number of aromatic amines is 1. The zero-order valence-electron chi connectivity index (χ0n) is 15.4. The number of halogens is 3. The van der Waals surface area contributed by atoms with E-state index in [4.69, 9.17) is 4.42 Å². The van der Waals surface area contributed by atoms with Crippen LogP contribution in [-0.4, -0.2) is 34.7 Å². The molecule has 3 N–H and O–H groups in total. The van der Waals surface area contributed by atoms with Gasteiger partial charge in [0, 0.05) is 20.0 Å². The van der Waals surface area contributed by atoms with E-state index in [2.05, 4.69) is 30.8 Å². The molecule has 0 saturated heterocycles. The van der Waals surface area contributed by atoms with Crippen LogP contribution in [0.25, 0.3) is 11.6 Å². The van der Waals surface area contributed by atoms with Crippen molar-refractivity contribution in [2.24, 2.45) is 4.99 Å². The van der Waals surface area contributed by atoms with Gasteiger partial charge in [-0.15, -0.1) is 24.0 Å². The Labute approximate surface area is 178 Å². The highest BCUT2D eigenvalue weighted by atomic mass is 127. The van der Waals surface area contributed by atoms with Crippen LogP contribution in [0.4, 0.5) is 8.78 Å². The lowest BCUT2D eigenvalue weighted by molar-refractivity contribution is 0.504.